The van der Waals surface area contributed by atoms with Crippen LogP contribution in [0, 0.1) is 6.92 Å². The van der Waals surface area contributed by atoms with Crippen molar-refractivity contribution in [1.82, 2.24) is 4.98 Å². The first-order chi connectivity index (χ1) is 8.58. The predicted molar refractivity (Wildman–Crippen MR) is 77.6 cm³/mol. The van der Waals surface area contributed by atoms with E-state index in [0.29, 0.717) is 11.4 Å². The van der Waals surface area contributed by atoms with E-state index in [2.05, 4.69) is 20.9 Å². The van der Waals surface area contributed by atoms with Gasteiger partial charge in [0, 0.05) is 21.3 Å². The molecule has 0 aliphatic heterocycles. The van der Waals surface area contributed by atoms with E-state index >= 15 is 0 Å². The summed E-state index contributed by atoms with van der Waals surface area (Å²) in [5, 5.41) is 0. The van der Waals surface area contributed by atoms with Gasteiger partial charge in [0.25, 0.3) is 0 Å². The van der Waals surface area contributed by atoms with Crippen LogP contribution in [0.4, 0.5) is 5.69 Å². The molecule has 0 radical (unpaired) electrons. The van der Waals surface area contributed by atoms with E-state index in [9.17, 15) is 4.21 Å². The van der Waals surface area contributed by atoms with Gasteiger partial charge in [-0.2, -0.15) is 0 Å². The molecule has 0 aliphatic carbocycles. The molecule has 94 valence electrons. The highest BCUT2D eigenvalue weighted by atomic mass is 79.9. The van der Waals surface area contributed by atoms with Crippen molar-refractivity contribution in [2.75, 3.05) is 5.73 Å². The fourth-order valence-corrected chi connectivity index (χ4v) is 3.10. The van der Waals surface area contributed by atoms with Gasteiger partial charge < -0.3 is 5.73 Å². The molecule has 3 nitrogen and oxygen atoms in total. The number of aromatic nitrogens is 1. The van der Waals surface area contributed by atoms with Gasteiger partial charge in [0.05, 0.1) is 22.2 Å². The lowest BCUT2D eigenvalue weighted by Crippen LogP contribution is -2.02. The topological polar surface area (TPSA) is 56.0 Å². The van der Waals surface area contributed by atoms with Gasteiger partial charge >= 0.3 is 0 Å². The Morgan fingerprint density at radius 1 is 1.33 bits per heavy atom. The second-order valence-corrected chi connectivity index (χ2v) is 6.26. The SMILES string of the molecule is Cc1c(N)cccc1S(=O)Cc1ccc(Br)cn1. The average molecular weight is 325 g/mol. The van der Waals surface area contributed by atoms with Gasteiger partial charge in [-0.1, -0.05) is 6.07 Å². The van der Waals surface area contributed by atoms with Gasteiger partial charge in [-0.15, -0.1) is 0 Å². The van der Waals surface area contributed by atoms with Crippen molar-refractivity contribution in [1.29, 1.82) is 0 Å². The quantitative estimate of drug-likeness (QED) is 0.883. The average Bonchev–Trinajstić information content (AvgIpc) is 2.35. The first-order valence-corrected chi connectivity index (χ1v) is 7.53. The molecule has 0 bridgehead atoms. The van der Waals surface area contributed by atoms with Crippen molar-refractivity contribution >= 4 is 32.4 Å². The molecule has 1 aromatic carbocycles. The molecule has 5 heteroatoms. The number of nitrogens with zero attached hydrogens (tertiary/aromatic N) is 1. The zero-order valence-corrected chi connectivity index (χ0v) is 12.3. The third-order valence-corrected chi connectivity index (χ3v) is 4.60. The lowest BCUT2D eigenvalue weighted by Gasteiger charge is -2.07. The zero-order valence-electron chi connectivity index (χ0n) is 9.89. The van der Waals surface area contributed by atoms with Gasteiger partial charge in [-0.25, -0.2) is 0 Å². The molecule has 0 aliphatic rings. The number of nitrogens with two attached hydrogens (primary N) is 1. The summed E-state index contributed by atoms with van der Waals surface area (Å²) in [5.41, 5.74) is 8.17. The summed E-state index contributed by atoms with van der Waals surface area (Å²) in [7, 11) is -1.12. The van der Waals surface area contributed by atoms with Crippen LogP contribution in [0.5, 0.6) is 0 Å². The summed E-state index contributed by atoms with van der Waals surface area (Å²) in [6.07, 6.45) is 1.71. The van der Waals surface area contributed by atoms with Crippen LogP contribution in [0.1, 0.15) is 11.3 Å². The fourth-order valence-electron chi connectivity index (χ4n) is 1.58. The smallest absolute Gasteiger partial charge is 0.0705 e. The lowest BCUT2D eigenvalue weighted by molar-refractivity contribution is 0.681. The zero-order chi connectivity index (χ0) is 13.1. The highest BCUT2D eigenvalue weighted by molar-refractivity contribution is 9.10. The fraction of sp³-hybridized carbons (Fsp3) is 0.154. The molecular weight excluding hydrogens is 312 g/mol. The molecule has 2 aromatic rings. The van der Waals surface area contributed by atoms with Crippen molar-refractivity contribution < 1.29 is 4.21 Å². The second-order valence-electron chi connectivity index (χ2n) is 3.93. The molecule has 0 saturated heterocycles. The van der Waals surface area contributed by atoms with Crippen molar-refractivity contribution in [3.63, 3.8) is 0 Å². The molecule has 1 unspecified atom stereocenters. The number of rotatable bonds is 3. The van der Waals surface area contributed by atoms with Crippen LogP contribution in [0.25, 0.3) is 0 Å². The van der Waals surface area contributed by atoms with E-state index in [0.717, 1.165) is 20.6 Å². The maximum Gasteiger partial charge on any atom is 0.0705 e. The number of pyridine rings is 1. The summed E-state index contributed by atoms with van der Waals surface area (Å²) >= 11 is 3.32. The van der Waals surface area contributed by atoms with Gasteiger partial charge in [0.15, 0.2) is 0 Å². The molecule has 0 fully saturated rings. The van der Waals surface area contributed by atoms with Gasteiger partial charge in [0.1, 0.15) is 0 Å². The molecule has 0 amide bonds. The third kappa shape index (κ3) is 2.97. The van der Waals surface area contributed by atoms with Crippen LogP contribution in [-0.2, 0) is 16.6 Å². The van der Waals surface area contributed by atoms with Crippen LogP contribution in [0.2, 0.25) is 0 Å². The van der Waals surface area contributed by atoms with Gasteiger partial charge in [-0.05, 0) is 52.7 Å². The minimum Gasteiger partial charge on any atom is -0.398 e. The summed E-state index contributed by atoms with van der Waals surface area (Å²) in [4.78, 5) is 5.00. The maximum atomic E-state index is 12.3. The Hall–Kier alpha value is -1.20. The highest BCUT2D eigenvalue weighted by Gasteiger charge is 2.10. The van der Waals surface area contributed by atoms with Crippen LogP contribution >= 0.6 is 15.9 Å². The second kappa shape index (κ2) is 5.63. The number of anilines is 1. The number of hydrogen-bond donors (Lipinski definition) is 1. The molecule has 18 heavy (non-hydrogen) atoms. The van der Waals surface area contributed by atoms with E-state index < -0.39 is 10.8 Å². The Labute approximate surface area is 117 Å². The molecular formula is C13H13BrN2OS. The third-order valence-electron chi connectivity index (χ3n) is 2.64. The number of benzene rings is 1. The summed E-state index contributed by atoms with van der Waals surface area (Å²) in [6, 6.07) is 9.24. The molecule has 0 saturated carbocycles. The minimum atomic E-state index is -1.12. The molecule has 1 atom stereocenters. The van der Waals surface area contributed by atoms with Crippen LogP contribution < -0.4 is 5.73 Å². The van der Waals surface area contributed by atoms with Gasteiger partial charge in [0.2, 0.25) is 0 Å². The van der Waals surface area contributed by atoms with E-state index in [1.807, 2.05) is 37.3 Å². The predicted octanol–water partition coefficient (Wildman–Crippen LogP) is 3.04. The molecule has 1 aromatic heterocycles. The first-order valence-electron chi connectivity index (χ1n) is 5.42. The molecule has 0 spiro atoms. The first kappa shape index (κ1) is 13.2. The van der Waals surface area contributed by atoms with Gasteiger partial charge in [-0.3, -0.25) is 9.19 Å². The minimum absolute atomic E-state index is 0.400. The standard InChI is InChI=1S/C13H13BrN2OS/c1-9-12(15)3-2-4-13(9)18(17)8-11-6-5-10(14)7-16-11/h2-7H,8,15H2,1H3. The Bertz CT molecular complexity index is 584. The van der Waals surface area contributed by atoms with Crippen LogP contribution in [0.15, 0.2) is 45.9 Å². The number of nitrogen functional groups attached to an aromatic ring is 1. The monoisotopic (exact) mass is 324 g/mol. The van der Waals surface area contributed by atoms with E-state index in [1.165, 1.54) is 0 Å². The largest absolute Gasteiger partial charge is 0.398 e. The number of halogens is 1. The highest BCUT2D eigenvalue weighted by Crippen LogP contribution is 2.21. The maximum absolute atomic E-state index is 12.3. The van der Waals surface area contributed by atoms with Crippen molar-refractivity contribution in [2.45, 2.75) is 17.6 Å². The molecule has 2 N–H and O–H groups in total. The normalized spacial score (nSPS) is 12.3. The van der Waals surface area contributed by atoms with Crippen LogP contribution in [0.3, 0.4) is 0 Å². The Morgan fingerprint density at radius 3 is 2.78 bits per heavy atom. The Balaban J connectivity index is 2.22. The van der Waals surface area contributed by atoms with E-state index in [4.69, 9.17) is 5.73 Å². The van der Waals surface area contributed by atoms with Crippen molar-refractivity contribution in [2.24, 2.45) is 0 Å². The summed E-state index contributed by atoms with van der Waals surface area (Å²) < 4.78 is 13.2. The van der Waals surface area contributed by atoms with Crippen molar-refractivity contribution in [3.05, 3.63) is 52.3 Å². The van der Waals surface area contributed by atoms with Crippen molar-refractivity contribution in [3.8, 4) is 0 Å². The Kier molecular flexibility index (Phi) is 4.14. The Morgan fingerprint density at radius 2 is 2.11 bits per heavy atom. The summed E-state index contributed by atoms with van der Waals surface area (Å²) in [5.74, 6) is 0.400. The summed E-state index contributed by atoms with van der Waals surface area (Å²) in [6.45, 7) is 1.89. The van der Waals surface area contributed by atoms with Crippen LogP contribution in [-0.4, -0.2) is 9.19 Å². The number of hydrogen-bond acceptors (Lipinski definition) is 3. The molecule has 2 rings (SSSR count). The van der Waals surface area contributed by atoms with E-state index in [1.54, 1.807) is 6.20 Å². The lowest BCUT2D eigenvalue weighted by atomic mass is 10.2. The van der Waals surface area contributed by atoms with E-state index in [-0.39, 0.29) is 0 Å². The molecule has 1 heterocycles.